The Bertz CT molecular complexity index is 1070. The van der Waals surface area contributed by atoms with E-state index in [1.54, 1.807) is 17.5 Å². The monoisotopic (exact) mass is 416 g/mol. The second-order valence-corrected chi connectivity index (χ2v) is 6.64. The van der Waals surface area contributed by atoms with Gasteiger partial charge < -0.3 is 22.3 Å². The number of aromatic nitrogens is 3. The molecule has 6 nitrogen and oxygen atoms in total. The van der Waals surface area contributed by atoms with Crippen molar-refractivity contribution >= 4 is 38.8 Å². The average Bonchev–Trinajstić information content (AvgIpc) is 2.91. The second kappa shape index (κ2) is 10.0. The molecule has 2 heterocycles. The molecule has 2 N–H and O–H groups in total. The van der Waals surface area contributed by atoms with Crippen LogP contribution in [0.5, 0.6) is 0 Å². The summed E-state index contributed by atoms with van der Waals surface area (Å²) >= 11 is 0. The molecule has 149 valence electrons. The maximum atomic E-state index is 5.08. The van der Waals surface area contributed by atoms with Gasteiger partial charge in [0.1, 0.15) is 0 Å². The van der Waals surface area contributed by atoms with Gasteiger partial charge in [0.25, 0.3) is 0 Å². The van der Waals surface area contributed by atoms with E-state index >= 15 is 0 Å². The Morgan fingerprint density at radius 3 is 2.18 bits per heavy atom. The maximum Gasteiger partial charge on any atom is 0.162 e. The molecule has 2 aromatic heterocycles. The molecule has 1 radical (unpaired) electrons. The van der Waals surface area contributed by atoms with Crippen LogP contribution in [0.4, 0.5) is 5.69 Å². The minimum atomic E-state index is 0. The molecular weight excluding hydrogens is 389 g/mol. The van der Waals surface area contributed by atoms with E-state index in [2.05, 4.69) is 43.0 Å². The van der Waals surface area contributed by atoms with Gasteiger partial charge in [0, 0.05) is 36.1 Å². The molecule has 4 aromatic rings. The zero-order valence-electron chi connectivity index (χ0n) is 17.3. The van der Waals surface area contributed by atoms with Crippen LogP contribution in [0.25, 0.3) is 33.1 Å². The summed E-state index contributed by atoms with van der Waals surface area (Å²) in [4.78, 5) is 20.9. The van der Waals surface area contributed by atoms with Crippen molar-refractivity contribution in [1.82, 2.24) is 19.9 Å². The van der Waals surface area contributed by atoms with Crippen molar-refractivity contribution in [3.63, 3.8) is 0 Å². The van der Waals surface area contributed by atoms with Gasteiger partial charge in [-0.05, 0) is 61.8 Å². The van der Waals surface area contributed by atoms with E-state index in [0.717, 1.165) is 33.1 Å². The van der Waals surface area contributed by atoms with Crippen LogP contribution in [0.1, 0.15) is 11.1 Å². The van der Waals surface area contributed by atoms with Gasteiger partial charge in [0.05, 0.1) is 18.1 Å². The van der Waals surface area contributed by atoms with Gasteiger partial charge in [-0.1, -0.05) is 12.1 Å². The standard InChI is InChI=1S/C17H15N4O.C3H8N.CH3.V/c1-9-6-14-15(7-10(9)2)20-17-16(18-14)12-8-11(21-22-3)4-5-13(12)19-17;1-4(2)3;;/h4-8,21H,1-3H3;1H2,2-3H3;1H3;/q3*-1;/p+1. The molecule has 7 heteroatoms. The Hall–Kier alpha value is -1.96. The number of rotatable bonds is 2. The van der Waals surface area contributed by atoms with Gasteiger partial charge in [-0.3, -0.25) is 7.05 Å². The topological polar surface area (TPSA) is 69.0 Å². The van der Waals surface area contributed by atoms with E-state index in [1.807, 2.05) is 32.3 Å². The van der Waals surface area contributed by atoms with Crippen molar-refractivity contribution in [2.45, 2.75) is 13.8 Å². The van der Waals surface area contributed by atoms with Crippen molar-refractivity contribution in [3.05, 3.63) is 55.9 Å². The number of fused-ring (bicyclic) bond motifs is 4. The van der Waals surface area contributed by atoms with Crippen LogP contribution in [0.2, 0.25) is 0 Å². The predicted molar refractivity (Wildman–Crippen MR) is 111 cm³/mol. The Morgan fingerprint density at radius 2 is 1.61 bits per heavy atom. The van der Waals surface area contributed by atoms with Crippen LogP contribution in [-0.4, -0.2) is 36.1 Å². The Labute approximate surface area is 178 Å². The molecule has 0 amide bonds. The molecular formula is C21H27N5OV-2. The van der Waals surface area contributed by atoms with Crippen LogP contribution in [0.3, 0.4) is 0 Å². The summed E-state index contributed by atoms with van der Waals surface area (Å²) in [6, 6.07) is 10.1. The zero-order chi connectivity index (χ0) is 18.8. The van der Waals surface area contributed by atoms with Crippen molar-refractivity contribution in [2.24, 2.45) is 0 Å². The molecule has 0 bridgehead atoms. The number of aryl methyl sites for hydroxylation is 2. The van der Waals surface area contributed by atoms with Gasteiger partial charge in [-0.25, -0.2) is 9.82 Å². The molecule has 4 rings (SSSR count). The predicted octanol–water partition coefficient (Wildman–Crippen LogP) is 3.05. The number of benzene rings is 2. The third kappa shape index (κ3) is 5.10. The molecule has 0 saturated heterocycles. The molecule has 0 unspecified atom stereocenters. The van der Waals surface area contributed by atoms with Crippen LogP contribution >= 0.6 is 0 Å². The molecule has 0 fully saturated rings. The molecule has 2 aromatic carbocycles. The largest absolute Gasteiger partial charge is 0.464 e. The minimum absolute atomic E-state index is 0. The summed E-state index contributed by atoms with van der Waals surface area (Å²) in [5.41, 5.74) is 9.39. The van der Waals surface area contributed by atoms with E-state index in [4.69, 9.17) is 9.82 Å². The fourth-order valence-electron chi connectivity index (χ4n) is 2.73. The number of quaternary nitrogens is 1. The van der Waals surface area contributed by atoms with Crippen molar-refractivity contribution < 1.29 is 28.9 Å². The molecule has 0 aliphatic rings. The van der Waals surface area contributed by atoms with E-state index in [-0.39, 0.29) is 26.0 Å². The molecule has 28 heavy (non-hydrogen) atoms. The Morgan fingerprint density at radius 1 is 1.04 bits per heavy atom. The number of nitrogens with zero attached hydrogens (tertiary/aromatic N) is 4. The fraction of sp³-hybridized carbons (Fsp3) is 0.238. The van der Waals surface area contributed by atoms with Gasteiger partial charge in [0.15, 0.2) is 5.69 Å². The maximum absolute atomic E-state index is 5.08. The van der Waals surface area contributed by atoms with Gasteiger partial charge >= 0.3 is 0 Å². The Kier molecular flexibility index (Phi) is 8.60. The number of nitrogens with two attached hydrogens (primary N) is 1. The van der Waals surface area contributed by atoms with Crippen molar-refractivity contribution in [1.29, 1.82) is 0 Å². The minimum Gasteiger partial charge on any atom is -0.464 e. The SMILES string of the molecule is CO[NH2+]c1ccc2[n-]c3nc4cc(C)c(C)cc4nc3c2c1.[CH2-]N(C)C.[CH3-].[V]. The van der Waals surface area contributed by atoms with E-state index in [0.29, 0.717) is 5.65 Å². The van der Waals surface area contributed by atoms with Crippen molar-refractivity contribution in [3.8, 4) is 0 Å². The van der Waals surface area contributed by atoms with Crippen LogP contribution < -0.4 is 10.5 Å². The van der Waals surface area contributed by atoms with E-state index in [9.17, 15) is 0 Å². The molecule has 0 aliphatic heterocycles. The second-order valence-electron chi connectivity index (χ2n) is 6.64. The third-order valence-corrected chi connectivity index (χ3v) is 4.02. The fourth-order valence-corrected chi connectivity index (χ4v) is 2.73. The quantitative estimate of drug-likeness (QED) is 0.309. The van der Waals surface area contributed by atoms with Gasteiger partial charge in [0.2, 0.25) is 0 Å². The first-order valence-electron chi connectivity index (χ1n) is 8.38. The normalized spacial score (nSPS) is 10.5. The third-order valence-electron chi connectivity index (χ3n) is 4.02. The smallest absolute Gasteiger partial charge is 0.162 e. The number of hydrogen-bond acceptors (Lipinski definition) is 4. The molecule has 0 saturated carbocycles. The van der Waals surface area contributed by atoms with Crippen molar-refractivity contribution in [2.75, 3.05) is 21.2 Å². The van der Waals surface area contributed by atoms with Gasteiger partial charge in [-0.2, -0.15) is 5.48 Å². The van der Waals surface area contributed by atoms with E-state index < -0.39 is 0 Å². The first kappa shape index (κ1) is 24.1. The number of hydrogen-bond donors (Lipinski definition) is 1. The van der Waals surface area contributed by atoms with Crippen LogP contribution in [0.15, 0.2) is 30.3 Å². The summed E-state index contributed by atoms with van der Waals surface area (Å²) < 4.78 is 0. The molecule has 0 spiro atoms. The zero-order valence-corrected chi connectivity index (χ0v) is 18.7. The summed E-state index contributed by atoms with van der Waals surface area (Å²) in [5, 5.41) is 1.01. The van der Waals surface area contributed by atoms with Crippen LogP contribution in [0, 0.1) is 28.3 Å². The van der Waals surface area contributed by atoms with Crippen LogP contribution in [-0.2, 0) is 23.4 Å². The first-order valence-corrected chi connectivity index (χ1v) is 8.38. The Balaban J connectivity index is 0.000000601. The summed E-state index contributed by atoms with van der Waals surface area (Å²) in [6.45, 7) is 4.18. The van der Waals surface area contributed by atoms with Gasteiger partial charge in [-0.15, -0.1) is 0 Å². The molecule has 0 aliphatic carbocycles. The molecule has 0 atom stereocenters. The summed E-state index contributed by atoms with van der Waals surface area (Å²) in [6.07, 6.45) is 0. The van der Waals surface area contributed by atoms with E-state index in [1.165, 1.54) is 11.1 Å². The average molecular weight is 416 g/mol. The summed E-state index contributed by atoms with van der Waals surface area (Å²) in [7, 11) is 8.89. The first-order chi connectivity index (χ1) is 12.4. The summed E-state index contributed by atoms with van der Waals surface area (Å²) in [5.74, 6) is 0.